The lowest BCUT2D eigenvalue weighted by Crippen LogP contribution is -2.53. The second-order valence-electron chi connectivity index (χ2n) is 8.61. The molecule has 3 heterocycles. The highest BCUT2D eigenvalue weighted by atomic mass is 32.2. The normalized spacial score (nSPS) is 23.3. The van der Waals surface area contributed by atoms with E-state index in [0.29, 0.717) is 38.1 Å². The van der Waals surface area contributed by atoms with E-state index in [4.69, 9.17) is 5.73 Å². The number of nitrogen functional groups attached to an aromatic ring is 1. The lowest BCUT2D eigenvalue weighted by atomic mass is 10.1. The Hall–Kier alpha value is -2.23. The van der Waals surface area contributed by atoms with Crippen molar-refractivity contribution in [1.29, 1.82) is 0 Å². The number of hydrogen-bond donors (Lipinski definition) is 2. The minimum Gasteiger partial charge on any atom is -0.383 e. The third kappa shape index (κ3) is 3.89. The molecule has 2 aliphatic rings. The highest BCUT2D eigenvalue weighted by molar-refractivity contribution is 8.01. The van der Waals surface area contributed by atoms with E-state index in [-0.39, 0.29) is 34.1 Å². The number of hydrogen-bond acceptors (Lipinski definition) is 6. The maximum atomic E-state index is 13.6. The van der Waals surface area contributed by atoms with E-state index in [1.165, 1.54) is 9.47 Å². The van der Waals surface area contributed by atoms with Crippen LogP contribution in [0.15, 0.2) is 9.59 Å². The zero-order chi connectivity index (χ0) is 22.2. The van der Waals surface area contributed by atoms with Crippen molar-refractivity contribution in [2.24, 2.45) is 5.92 Å². The van der Waals surface area contributed by atoms with Crippen LogP contribution in [0.1, 0.15) is 53.4 Å². The van der Waals surface area contributed by atoms with E-state index in [0.717, 1.165) is 6.42 Å². The van der Waals surface area contributed by atoms with Gasteiger partial charge in [0.15, 0.2) is 5.69 Å². The summed E-state index contributed by atoms with van der Waals surface area (Å²) in [7, 11) is 0. The number of aromatic amines is 1. The SMILES string of the molecule is CCCCN(C(=O)[C@@H]1CS[C@]2(C)CCC(=O)N12)c1c(N)n(CC(C)C)c(=O)[nH]c1=O. The highest BCUT2D eigenvalue weighted by Gasteiger charge is 2.53. The van der Waals surface area contributed by atoms with E-state index in [9.17, 15) is 19.2 Å². The fourth-order valence-electron chi connectivity index (χ4n) is 4.22. The molecule has 3 N–H and O–H groups in total. The monoisotopic (exact) mass is 437 g/mol. The van der Waals surface area contributed by atoms with Crippen LogP contribution in [-0.2, 0) is 16.1 Å². The zero-order valence-electron chi connectivity index (χ0n) is 18.1. The van der Waals surface area contributed by atoms with Gasteiger partial charge in [0.05, 0.1) is 4.87 Å². The van der Waals surface area contributed by atoms with Crippen molar-refractivity contribution in [3.63, 3.8) is 0 Å². The molecule has 9 nitrogen and oxygen atoms in total. The van der Waals surface area contributed by atoms with Gasteiger partial charge in [-0.25, -0.2) is 4.79 Å². The number of nitrogens with zero attached hydrogens (tertiary/aromatic N) is 3. The van der Waals surface area contributed by atoms with E-state index < -0.39 is 17.3 Å². The summed E-state index contributed by atoms with van der Waals surface area (Å²) in [6.07, 6.45) is 2.60. The standard InChI is InChI=1S/C20H31N5O4S/c1-5-6-9-23(15-16(21)24(10-12(2)3)19(29)22-17(15)27)18(28)13-11-30-20(4)8-7-14(26)25(13)20/h12-13H,5-11,21H2,1-4H3,(H,22,27,29)/t13-,20+/m0/s1. The van der Waals surface area contributed by atoms with E-state index in [1.807, 2.05) is 27.7 Å². The van der Waals surface area contributed by atoms with Gasteiger partial charge in [-0.05, 0) is 25.7 Å². The Morgan fingerprint density at radius 3 is 2.70 bits per heavy atom. The molecule has 30 heavy (non-hydrogen) atoms. The fourth-order valence-corrected chi connectivity index (χ4v) is 5.64. The molecule has 2 amide bonds. The maximum Gasteiger partial charge on any atom is 0.330 e. The van der Waals surface area contributed by atoms with Crippen LogP contribution in [0, 0.1) is 5.92 Å². The van der Waals surface area contributed by atoms with Crippen molar-refractivity contribution < 1.29 is 9.59 Å². The molecule has 0 spiro atoms. The van der Waals surface area contributed by atoms with Crippen molar-refractivity contribution in [2.45, 2.75) is 70.8 Å². The van der Waals surface area contributed by atoms with Gasteiger partial charge in [-0.2, -0.15) is 0 Å². The average Bonchev–Trinajstić information content (AvgIpc) is 3.16. The molecular weight excluding hydrogens is 406 g/mol. The van der Waals surface area contributed by atoms with E-state index in [2.05, 4.69) is 4.98 Å². The number of aromatic nitrogens is 2. The second kappa shape index (κ2) is 8.49. The number of H-pyrrole nitrogens is 1. The largest absolute Gasteiger partial charge is 0.383 e. The Morgan fingerprint density at radius 2 is 2.07 bits per heavy atom. The van der Waals surface area contributed by atoms with Gasteiger partial charge in [-0.1, -0.05) is 27.2 Å². The van der Waals surface area contributed by atoms with Crippen molar-refractivity contribution in [3.8, 4) is 0 Å². The van der Waals surface area contributed by atoms with Gasteiger partial charge in [0.2, 0.25) is 5.91 Å². The summed E-state index contributed by atoms with van der Waals surface area (Å²) in [5.74, 6) is 0.234. The Balaban J connectivity index is 2.05. The molecule has 2 aliphatic heterocycles. The first-order chi connectivity index (χ1) is 14.1. The molecule has 0 unspecified atom stereocenters. The smallest absolute Gasteiger partial charge is 0.330 e. The summed E-state index contributed by atoms with van der Waals surface area (Å²) in [4.78, 5) is 56.2. The topological polar surface area (TPSA) is 121 Å². The number of unbranched alkanes of at least 4 members (excludes halogenated alkanes) is 1. The van der Waals surface area contributed by atoms with Gasteiger partial charge < -0.3 is 15.5 Å². The van der Waals surface area contributed by atoms with Crippen LogP contribution < -0.4 is 21.9 Å². The first-order valence-electron chi connectivity index (χ1n) is 10.5. The zero-order valence-corrected chi connectivity index (χ0v) is 18.9. The van der Waals surface area contributed by atoms with Crippen LogP contribution >= 0.6 is 11.8 Å². The summed E-state index contributed by atoms with van der Waals surface area (Å²) in [5.41, 5.74) is 5.00. The third-order valence-electron chi connectivity index (χ3n) is 5.76. The number of thioether (sulfide) groups is 1. The summed E-state index contributed by atoms with van der Waals surface area (Å²) in [6, 6.07) is -0.642. The quantitative estimate of drug-likeness (QED) is 0.664. The summed E-state index contributed by atoms with van der Waals surface area (Å²) < 4.78 is 1.31. The molecule has 0 saturated carbocycles. The first-order valence-corrected chi connectivity index (χ1v) is 11.5. The lowest BCUT2D eigenvalue weighted by molar-refractivity contribution is -0.136. The Labute approximate surface area is 180 Å². The summed E-state index contributed by atoms with van der Waals surface area (Å²) in [6.45, 7) is 8.46. The number of anilines is 2. The summed E-state index contributed by atoms with van der Waals surface area (Å²) >= 11 is 1.60. The van der Waals surface area contributed by atoms with Crippen LogP contribution in [0.2, 0.25) is 0 Å². The molecule has 2 fully saturated rings. The van der Waals surface area contributed by atoms with E-state index >= 15 is 0 Å². The average molecular weight is 438 g/mol. The second-order valence-corrected chi connectivity index (χ2v) is 10.1. The van der Waals surface area contributed by atoms with Crippen LogP contribution in [0.5, 0.6) is 0 Å². The molecule has 0 radical (unpaired) electrons. The predicted molar refractivity (Wildman–Crippen MR) is 119 cm³/mol. The lowest BCUT2D eigenvalue weighted by Gasteiger charge is -2.33. The number of nitrogens with one attached hydrogen (secondary N) is 1. The molecule has 1 aromatic heterocycles. The third-order valence-corrected chi connectivity index (χ3v) is 7.27. The number of amides is 2. The maximum absolute atomic E-state index is 13.6. The minimum atomic E-state index is -0.678. The number of carbonyl (C=O) groups is 2. The number of carbonyl (C=O) groups excluding carboxylic acids is 2. The van der Waals surface area contributed by atoms with Gasteiger partial charge in [0, 0.05) is 25.3 Å². The van der Waals surface area contributed by atoms with Crippen molar-refractivity contribution in [3.05, 3.63) is 20.8 Å². The van der Waals surface area contributed by atoms with Crippen LogP contribution in [0.25, 0.3) is 0 Å². The van der Waals surface area contributed by atoms with Crippen molar-refractivity contribution in [1.82, 2.24) is 14.5 Å². The number of nitrogens with two attached hydrogens (primary N) is 1. The molecule has 10 heteroatoms. The highest BCUT2D eigenvalue weighted by Crippen LogP contribution is 2.47. The molecule has 1 aromatic rings. The first kappa shape index (κ1) is 22.5. The molecule has 2 atom stereocenters. The van der Waals surface area contributed by atoms with Gasteiger partial charge in [-0.3, -0.25) is 23.9 Å². The number of fused-ring (bicyclic) bond motifs is 1. The van der Waals surface area contributed by atoms with Crippen molar-refractivity contribution in [2.75, 3.05) is 22.9 Å². The Bertz CT molecular complexity index is 955. The van der Waals surface area contributed by atoms with Gasteiger partial charge in [-0.15, -0.1) is 11.8 Å². The Morgan fingerprint density at radius 1 is 1.37 bits per heavy atom. The van der Waals surface area contributed by atoms with Crippen LogP contribution in [0.3, 0.4) is 0 Å². The van der Waals surface area contributed by atoms with Crippen LogP contribution in [-0.4, -0.2) is 49.5 Å². The fraction of sp³-hybridized carbons (Fsp3) is 0.700. The molecule has 0 bridgehead atoms. The molecule has 3 rings (SSSR count). The van der Waals surface area contributed by atoms with Crippen LogP contribution in [0.4, 0.5) is 11.5 Å². The van der Waals surface area contributed by atoms with Gasteiger partial charge in [0.25, 0.3) is 11.5 Å². The molecule has 2 saturated heterocycles. The molecular formula is C20H31N5O4S. The predicted octanol–water partition coefficient (Wildman–Crippen LogP) is 1.36. The Kier molecular flexibility index (Phi) is 6.35. The van der Waals surface area contributed by atoms with Gasteiger partial charge in [0.1, 0.15) is 11.9 Å². The molecule has 0 aromatic carbocycles. The molecule has 166 valence electrons. The number of rotatable bonds is 7. The van der Waals surface area contributed by atoms with Crippen molar-refractivity contribution >= 4 is 35.1 Å². The van der Waals surface area contributed by atoms with E-state index in [1.54, 1.807) is 16.7 Å². The van der Waals surface area contributed by atoms with Gasteiger partial charge >= 0.3 is 5.69 Å². The summed E-state index contributed by atoms with van der Waals surface area (Å²) in [5, 5.41) is 0. The minimum absolute atomic E-state index is 0.000973. The molecule has 0 aliphatic carbocycles.